The third-order valence-corrected chi connectivity index (χ3v) is 3.15. The van der Waals surface area contributed by atoms with Gasteiger partial charge in [-0.2, -0.15) is 0 Å². The molecule has 0 bridgehead atoms. The van der Waals surface area contributed by atoms with E-state index >= 15 is 0 Å². The maximum atomic E-state index is 11.0. The first kappa shape index (κ1) is 12.6. The summed E-state index contributed by atoms with van der Waals surface area (Å²) in [5, 5.41) is 11.6. The largest absolute Gasteiger partial charge is 0.485 e. The number of nitrogens with two attached hydrogens (primary N) is 1. The summed E-state index contributed by atoms with van der Waals surface area (Å²) in [6.45, 7) is 0.277. The lowest BCUT2D eigenvalue weighted by atomic mass is 10.1. The van der Waals surface area contributed by atoms with Crippen molar-refractivity contribution >= 4 is 5.91 Å². The summed E-state index contributed by atoms with van der Waals surface area (Å²) in [7, 11) is 0. The Morgan fingerprint density at radius 2 is 2.20 bits per heavy atom. The zero-order valence-electron chi connectivity index (χ0n) is 10.9. The predicted octanol–water partition coefficient (Wildman–Crippen LogP) is 0.615. The first-order valence-corrected chi connectivity index (χ1v) is 6.50. The van der Waals surface area contributed by atoms with E-state index in [-0.39, 0.29) is 18.9 Å². The second kappa shape index (κ2) is 5.28. The molecule has 0 spiro atoms. The molecule has 1 aromatic heterocycles. The summed E-state index contributed by atoms with van der Waals surface area (Å²) in [6, 6.07) is 7.74. The van der Waals surface area contributed by atoms with Crippen molar-refractivity contribution < 1.29 is 9.53 Å². The highest BCUT2D eigenvalue weighted by Crippen LogP contribution is 2.34. The number of rotatable bonds is 6. The molecular formula is C13H15N5O2. The van der Waals surface area contributed by atoms with E-state index in [1.807, 2.05) is 24.3 Å². The Bertz CT molecular complexity index is 621. The van der Waals surface area contributed by atoms with Crippen LogP contribution in [0.5, 0.6) is 5.75 Å². The van der Waals surface area contributed by atoms with E-state index in [1.165, 1.54) is 0 Å². The van der Waals surface area contributed by atoms with Gasteiger partial charge in [-0.1, -0.05) is 18.2 Å². The Kier molecular flexibility index (Phi) is 3.32. The predicted molar refractivity (Wildman–Crippen MR) is 69.8 cm³/mol. The minimum atomic E-state index is -0.385. The van der Waals surface area contributed by atoms with Gasteiger partial charge in [0.1, 0.15) is 12.4 Å². The highest BCUT2D eigenvalue weighted by atomic mass is 16.5. The molecule has 0 saturated heterocycles. The van der Waals surface area contributed by atoms with Crippen molar-refractivity contribution in [2.45, 2.75) is 31.9 Å². The molecule has 1 saturated carbocycles. The lowest BCUT2D eigenvalue weighted by molar-refractivity contribution is -0.117. The molecule has 0 unspecified atom stereocenters. The van der Waals surface area contributed by atoms with Crippen molar-refractivity contribution in [3.8, 4) is 5.75 Å². The molecule has 7 nitrogen and oxygen atoms in total. The standard InChI is InChI=1S/C13H15N5O2/c14-12(19)7-9-3-1-2-4-11(9)20-8-13-15-16-17-18(13)10-5-6-10/h1-4,10H,5-8H2,(H2,14,19). The van der Waals surface area contributed by atoms with E-state index in [0.29, 0.717) is 17.6 Å². The number of hydrogen-bond donors (Lipinski definition) is 1. The van der Waals surface area contributed by atoms with E-state index in [9.17, 15) is 4.79 Å². The number of nitrogens with zero attached hydrogens (tertiary/aromatic N) is 4. The minimum Gasteiger partial charge on any atom is -0.485 e. The first-order valence-electron chi connectivity index (χ1n) is 6.50. The van der Waals surface area contributed by atoms with Gasteiger partial charge in [-0.05, 0) is 29.3 Å². The average molecular weight is 273 g/mol. The SMILES string of the molecule is NC(=O)Cc1ccccc1OCc1nnnn1C1CC1. The number of carbonyl (C=O) groups is 1. The van der Waals surface area contributed by atoms with Gasteiger partial charge in [-0.25, -0.2) is 4.68 Å². The van der Waals surface area contributed by atoms with Crippen molar-refractivity contribution in [3.63, 3.8) is 0 Å². The molecule has 1 aliphatic rings. The van der Waals surface area contributed by atoms with Crippen LogP contribution in [0.3, 0.4) is 0 Å². The molecule has 0 atom stereocenters. The summed E-state index contributed by atoms with van der Waals surface area (Å²) in [4.78, 5) is 11.0. The molecule has 1 fully saturated rings. The fourth-order valence-corrected chi connectivity index (χ4v) is 2.03. The van der Waals surface area contributed by atoms with Crippen molar-refractivity contribution in [2.24, 2.45) is 5.73 Å². The van der Waals surface area contributed by atoms with Crippen molar-refractivity contribution in [2.75, 3.05) is 0 Å². The van der Waals surface area contributed by atoms with Crippen LogP contribution in [0, 0.1) is 0 Å². The van der Waals surface area contributed by atoms with E-state index in [2.05, 4.69) is 15.5 Å². The highest BCUT2D eigenvalue weighted by Gasteiger charge is 2.27. The summed E-state index contributed by atoms with van der Waals surface area (Å²) in [5.74, 6) is 0.946. The second-order valence-corrected chi connectivity index (χ2v) is 4.81. The average Bonchev–Trinajstić information content (AvgIpc) is 3.16. The Labute approximate surface area is 115 Å². The number of amides is 1. The van der Waals surface area contributed by atoms with Gasteiger partial charge in [-0.3, -0.25) is 4.79 Å². The van der Waals surface area contributed by atoms with Gasteiger partial charge in [-0.15, -0.1) is 5.10 Å². The van der Waals surface area contributed by atoms with Gasteiger partial charge in [0.25, 0.3) is 0 Å². The van der Waals surface area contributed by atoms with E-state index < -0.39 is 0 Å². The number of tetrazole rings is 1. The van der Waals surface area contributed by atoms with Gasteiger partial charge in [0.15, 0.2) is 5.82 Å². The van der Waals surface area contributed by atoms with E-state index in [1.54, 1.807) is 4.68 Å². The number of ether oxygens (including phenoxy) is 1. The smallest absolute Gasteiger partial charge is 0.221 e. The second-order valence-electron chi connectivity index (χ2n) is 4.81. The molecule has 7 heteroatoms. The third-order valence-electron chi connectivity index (χ3n) is 3.15. The number of para-hydroxylation sites is 1. The number of benzene rings is 1. The quantitative estimate of drug-likeness (QED) is 0.832. The number of aromatic nitrogens is 4. The van der Waals surface area contributed by atoms with Crippen LogP contribution in [-0.4, -0.2) is 26.1 Å². The molecule has 1 amide bonds. The Hall–Kier alpha value is -2.44. The molecule has 2 N–H and O–H groups in total. The van der Waals surface area contributed by atoms with Crippen LogP contribution in [0.25, 0.3) is 0 Å². The third kappa shape index (κ3) is 2.76. The normalized spacial score (nSPS) is 14.2. The fraction of sp³-hybridized carbons (Fsp3) is 0.385. The molecule has 0 aliphatic heterocycles. The Balaban J connectivity index is 1.71. The van der Waals surface area contributed by atoms with Gasteiger partial charge in [0.05, 0.1) is 12.5 Å². The van der Waals surface area contributed by atoms with Gasteiger partial charge < -0.3 is 10.5 Å². The van der Waals surface area contributed by atoms with Crippen LogP contribution < -0.4 is 10.5 Å². The van der Waals surface area contributed by atoms with Crippen molar-refractivity contribution in [1.29, 1.82) is 0 Å². The monoisotopic (exact) mass is 273 g/mol. The zero-order chi connectivity index (χ0) is 13.9. The molecular weight excluding hydrogens is 258 g/mol. The van der Waals surface area contributed by atoms with Crippen molar-refractivity contribution in [3.05, 3.63) is 35.7 Å². The molecule has 3 rings (SSSR count). The van der Waals surface area contributed by atoms with Crippen molar-refractivity contribution in [1.82, 2.24) is 20.2 Å². The fourth-order valence-electron chi connectivity index (χ4n) is 2.03. The maximum absolute atomic E-state index is 11.0. The Morgan fingerprint density at radius 3 is 2.95 bits per heavy atom. The topological polar surface area (TPSA) is 95.9 Å². The molecule has 0 radical (unpaired) electrons. The summed E-state index contributed by atoms with van der Waals surface area (Å²) >= 11 is 0. The van der Waals surface area contributed by atoms with Gasteiger partial charge >= 0.3 is 0 Å². The zero-order valence-corrected chi connectivity index (χ0v) is 10.9. The summed E-state index contributed by atoms with van der Waals surface area (Å²) < 4.78 is 7.53. The van der Waals surface area contributed by atoms with Crippen LogP contribution in [0.4, 0.5) is 0 Å². The minimum absolute atomic E-state index is 0.156. The van der Waals surface area contributed by atoms with E-state index in [0.717, 1.165) is 18.4 Å². The molecule has 104 valence electrons. The summed E-state index contributed by atoms with van der Waals surface area (Å²) in [5.41, 5.74) is 5.99. The molecule has 1 aliphatic carbocycles. The van der Waals surface area contributed by atoms with Gasteiger partial charge in [0.2, 0.25) is 5.91 Å². The van der Waals surface area contributed by atoms with Crippen LogP contribution >= 0.6 is 0 Å². The summed E-state index contributed by atoms with van der Waals surface area (Å²) in [6.07, 6.45) is 2.37. The lowest BCUT2D eigenvalue weighted by Gasteiger charge is -2.10. The van der Waals surface area contributed by atoms with Gasteiger partial charge in [0, 0.05) is 5.56 Å². The number of carbonyl (C=O) groups excluding carboxylic acids is 1. The number of hydrogen-bond acceptors (Lipinski definition) is 5. The first-order chi connectivity index (χ1) is 9.74. The van der Waals surface area contributed by atoms with Crippen LogP contribution in [0.1, 0.15) is 30.3 Å². The van der Waals surface area contributed by atoms with Crippen LogP contribution in [0.2, 0.25) is 0 Å². The highest BCUT2D eigenvalue weighted by molar-refractivity contribution is 5.77. The Morgan fingerprint density at radius 1 is 1.40 bits per heavy atom. The van der Waals surface area contributed by atoms with Crippen LogP contribution in [-0.2, 0) is 17.8 Å². The lowest BCUT2D eigenvalue weighted by Crippen LogP contribution is -2.15. The number of primary amides is 1. The van der Waals surface area contributed by atoms with Crippen LogP contribution in [0.15, 0.2) is 24.3 Å². The molecule has 1 heterocycles. The maximum Gasteiger partial charge on any atom is 0.221 e. The van der Waals surface area contributed by atoms with E-state index in [4.69, 9.17) is 10.5 Å². The molecule has 20 heavy (non-hydrogen) atoms. The molecule has 2 aromatic rings. The molecule has 1 aromatic carbocycles.